The first kappa shape index (κ1) is 16.5. The Balaban J connectivity index is 1.70. The number of carbonyl (C=O) groups is 1. The molecule has 0 saturated heterocycles. The van der Waals surface area contributed by atoms with Gasteiger partial charge in [0.15, 0.2) is 0 Å². The molecule has 2 aromatic heterocycles. The minimum Gasteiger partial charge on any atom is -0.397 e. The van der Waals surface area contributed by atoms with Crippen LogP contribution in [0.4, 0.5) is 11.4 Å². The largest absolute Gasteiger partial charge is 0.397 e. The minimum absolute atomic E-state index is 0.190. The van der Waals surface area contributed by atoms with E-state index in [-0.39, 0.29) is 5.91 Å². The molecule has 1 aliphatic rings. The highest BCUT2D eigenvalue weighted by Crippen LogP contribution is 2.36. The second-order valence-electron chi connectivity index (χ2n) is 6.60. The van der Waals surface area contributed by atoms with E-state index in [4.69, 9.17) is 10.7 Å². The lowest BCUT2D eigenvalue weighted by molar-refractivity contribution is 0.103. The molecule has 0 radical (unpaired) electrons. The van der Waals surface area contributed by atoms with Gasteiger partial charge in [0.1, 0.15) is 9.71 Å². The van der Waals surface area contributed by atoms with Gasteiger partial charge in [-0.2, -0.15) is 0 Å². The van der Waals surface area contributed by atoms with Crippen LogP contribution in [0.15, 0.2) is 34.8 Å². The molecular formula is C19H18BrN3OS. The zero-order valence-electron chi connectivity index (χ0n) is 13.8. The van der Waals surface area contributed by atoms with Crippen molar-refractivity contribution in [3.63, 3.8) is 0 Å². The van der Waals surface area contributed by atoms with Gasteiger partial charge in [0, 0.05) is 21.2 Å². The summed E-state index contributed by atoms with van der Waals surface area (Å²) in [5, 5.41) is 3.81. The van der Waals surface area contributed by atoms with Crippen molar-refractivity contribution in [2.75, 3.05) is 11.1 Å². The molecule has 25 heavy (non-hydrogen) atoms. The number of carbonyl (C=O) groups excluding carboxylic acids is 1. The smallest absolute Gasteiger partial charge is 0.267 e. The Morgan fingerprint density at radius 1 is 1.40 bits per heavy atom. The summed E-state index contributed by atoms with van der Waals surface area (Å²) in [6.07, 6.45) is 3.21. The average molecular weight is 416 g/mol. The number of benzene rings is 1. The van der Waals surface area contributed by atoms with Crippen molar-refractivity contribution in [3.05, 3.63) is 50.9 Å². The highest BCUT2D eigenvalue weighted by atomic mass is 79.9. The summed E-state index contributed by atoms with van der Waals surface area (Å²) in [6, 6.07) is 9.64. The van der Waals surface area contributed by atoms with Crippen LogP contribution in [0.3, 0.4) is 0 Å². The third kappa shape index (κ3) is 3.16. The van der Waals surface area contributed by atoms with E-state index in [9.17, 15) is 4.79 Å². The van der Waals surface area contributed by atoms with Crippen molar-refractivity contribution >= 4 is 54.8 Å². The summed E-state index contributed by atoms with van der Waals surface area (Å²) in [7, 11) is 0. The van der Waals surface area contributed by atoms with Crippen molar-refractivity contribution in [3.8, 4) is 0 Å². The predicted molar refractivity (Wildman–Crippen MR) is 107 cm³/mol. The number of aromatic nitrogens is 1. The van der Waals surface area contributed by atoms with Crippen LogP contribution >= 0.6 is 27.3 Å². The first-order chi connectivity index (χ1) is 12.0. The number of hydrogen-bond donors (Lipinski definition) is 2. The minimum atomic E-state index is -0.190. The molecule has 1 aromatic carbocycles. The zero-order valence-corrected chi connectivity index (χ0v) is 16.2. The van der Waals surface area contributed by atoms with Gasteiger partial charge in [-0.05, 0) is 55.0 Å². The van der Waals surface area contributed by atoms with Gasteiger partial charge in [0.2, 0.25) is 0 Å². The van der Waals surface area contributed by atoms with Gasteiger partial charge in [-0.1, -0.05) is 28.9 Å². The second kappa shape index (κ2) is 6.42. The third-order valence-corrected chi connectivity index (χ3v) is 6.23. The van der Waals surface area contributed by atoms with Crippen molar-refractivity contribution in [1.82, 2.24) is 4.98 Å². The summed E-state index contributed by atoms with van der Waals surface area (Å²) in [5.74, 6) is 0.482. The molecule has 1 aliphatic carbocycles. The molecule has 6 heteroatoms. The fourth-order valence-corrected chi connectivity index (χ4v) is 4.69. The van der Waals surface area contributed by atoms with Crippen LogP contribution in [-0.4, -0.2) is 10.9 Å². The molecule has 4 nitrogen and oxygen atoms in total. The van der Waals surface area contributed by atoms with Gasteiger partial charge in [-0.15, -0.1) is 11.3 Å². The van der Waals surface area contributed by atoms with Crippen molar-refractivity contribution < 1.29 is 4.79 Å². The molecular weight excluding hydrogens is 398 g/mol. The standard InChI is InChI=1S/C19H18BrN3OS/c1-10-5-6-15-11(7-10)8-14-16(21)17(25-19(14)23-15)18(24)22-13-4-2-3-12(20)9-13/h2-4,8-10H,5-7,21H2,1H3,(H,22,24). The van der Waals surface area contributed by atoms with Crippen molar-refractivity contribution in [2.45, 2.75) is 26.2 Å². The number of nitrogens with zero attached hydrogens (tertiary/aromatic N) is 1. The van der Waals surface area contributed by atoms with E-state index in [0.29, 0.717) is 16.5 Å². The summed E-state index contributed by atoms with van der Waals surface area (Å²) < 4.78 is 0.915. The number of anilines is 2. The first-order valence-corrected chi connectivity index (χ1v) is 9.90. The molecule has 1 unspecified atom stereocenters. The van der Waals surface area contributed by atoms with E-state index < -0.39 is 0 Å². The maximum atomic E-state index is 12.7. The van der Waals surface area contributed by atoms with E-state index in [0.717, 1.165) is 38.9 Å². The van der Waals surface area contributed by atoms with E-state index in [1.54, 1.807) is 0 Å². The molecule has 0 saturated carbocycles. The summed E-state index contributed by atoms with van der Waals surface area (Å²) in [4.78, 5) is 18.8. The number of nitrogens with one attached hydrogen (secondary N) is 1. The van der Waals surface area contributed by atoms with Gasteiger partial charge in [-0.3, -0.25) is 4.79 Å². The zero-order chi connectivity index (χ0) is 17.6. The van der Waals surface area contributed by atoms with Crippen LogP contribution in [0.25, 0.3) is 10.2 Å². The number of hydrogen-bond acceptors (Lipinski definition) is 4. The Labute approximate surface area is 158 Å². The number of amides is 1. The van der Waals surface area contributed by atoms with Crippen LogP contribution < -0.4 is 11.1 Å². The Bertz CT molecular complexity index is 982. The second-order valence-corrected chi connectivity index (χ2v) is 8.52. The monoisotopic (exact) mass is 415 g/mol. The lowest BCUT2D eigenvalue weighted by Crippen LogP contribution is -2.12. The van der Waals surface area contributed by atoms with Gasteiger partial charge >= 0.3 is 0 Å². The highest BCUT2D eigenvalue weighted by molar-refractivity contribution is 9.10. The quantitative estimate of drug-likeness (QED) is 0.617. The number of aryl methyl sites for hydroxylation is 1. The first-order valence-electron chi connectivity index (χ1n) is 8.29. The third-order valence-electron chi connectivity index (χ3n) is 4.62. The molecule has 2 heterocycles. The average Bonchev–Trinajstić information content (AvgIpc) is 2.89. The molecule has 3 aromatic rings. The van der Waals surface area contributed by atoms with Crippen LogP contribution in [0.1, 0.15) is 34.3 Å². The molecule has 0 spiro atoms. The van der Waals surface area contributed by atoms with E-state index in [1.807, 2.05) is 24.3 Å². The van der Waals surface area contributed by atoms with Crippen LogP contribution in [-0.2, 0) is 12.8 Å². The summed E-state index contributed by atoms with van der Waals surface area (Å²) >= 11 is 4.78. The number of halogens is 1. The van der Waals surface area contributed by atoms with Gasteiger partial charge in [0.05, 0.1) is 5.69 Å². The Morgan fingerprint density at radius 3 is 3.04 bits per heavy atom. The van der Waals surface area contributed by atoms with Crippen molar-refractivity contribution in [2.24, 2.45) is 5.92 Å². The molecule has 0 aliphatic heterocycles. The van der Waals surface area contributed by atoms with E-state index in [1.165, 1.54) is 23.3 Å². The van der Waals surface area contributed by atoms with Gasteiger partial charge < -0.3 is 11.1 Å². The van der Waals surface area contributed by atoms with E-state index in [2.05, 4.69) is 34.2 Å². The number of thiophene rings is 1. The topological polar surface area (TPSA) is 68.0 Å². The number of rotatable bonds is 2. The highest BCUT2D eigenvalue weighted by Gasteiger charge is 2.22. The lowest BCUT2D eigenvalue weighted by Gasteiger charge is -2.20. The van der Waals surface area contributed by atoms with Crippen molar-refractivity contribution in [1.29, 1.82) is 0 Å². The molecule has 128 valence electrons. The molecule has 1 atom stereocenters. The number of nitrogen functional groups attached to an aromatic ring is 1. The lowest BCUT2D eigenvalue weighted by atomic mass is 9.87. The fourth-order valence-electron chi connectivity index (χ4n) is 3.30. The van der Waals surface area contributed by atoms with Gasteiger partial charge in [0.25, 0.3) is 5.91 Å². The van der Waals surface area contributed by atoms with Crippen LogP contribution in [0.5, 0.6) is 0 Å². The maximum Gasteiger partial charge on any atom is 0.267 e. The number of pyridine rings is 1. The molecule has 3 N–H and O–H groups in total. The number of fused-ring (bicyclic) bond motifs is 2. The number of nitrogens with two attached hydrogens (primary N) is 1. The van der Waals surface area contributed by atoms with Crippen LogP contribution in [0, 0.1) is 5.92 Å². The molecule has 0 bridgehead atoms. The van der Waals surface area contributed by atoms with Gasteiger partial charge in [-0.25, -0.2) is 4.98 Å². The van der Waals surface area contributed by atoms with E-state index >= 15 is 0 Å². The molecule has 0 fully saturated rings. The fraction of sp³-hybridized carbons (Fsp3) is 0.263. The normalized spacial score (nSPS) is 16.6. The predicted octanol–water partition coefficient (Wildman–Crippen LogP) is 5.02. The Kier molecular flexibility index (Phi) is 4.25. The SMILES string of the molecule is CC1CCc2nc3sc(C(=O)Nc4cccc(Br)c4)c(N)c3cc2C1. The van der Waals surface area contributed by atoms with Crippen LogP contribution in [0.2, 0.25) is 0 Å². The summed E-state index contributed by atoms with van der Waals surface area (Å²) in [6.45, 7) is 2.26. The summed E-state index contributed by atoms with van der Waals surface area (Å²) in [5.41, 5.74) is 9.98. The maximum absolute atomic E-state index is 12.7. The molecule has 4 rings (SSSR count). The Morgan fingerprint density at radius 2 is 2.24 bits per heavy atom. The Hall–Kier alpha value is -1.92. The molecule has 1 amide bonds.